The Morgan fingerprint density at radius 3 is 2.68 bits per heavy atom. The third-order valence-corrected chi connectivity index (χ3v) is 4.40. The number of phenols is 1. The fraction of sp³-hybridized carbons (Fsp3) is 0.533. The fourth-order valence-corrected chi connectivity index (χ4v) is 3.38. The average Bonchev–Trinajstić information content (AvgIpc) is 3.03. The predicted octanol–water partition coefficient (Wildman–Crippen LogP) is 1.27. The van der Waals surface area contributed by atoms with Crippen molar-refractivity contribution in [3.63, 3.8) is 0 Å². The SMILES string of the molecule is N[C@@H](Cc1ccc(O)cc1)C(=O)N1CC2CCC1C2. The van der Waals surface area contributed by atoms with Crippen molar-refractivity contribution in [3.8, 4) is 5.75 Å². The molecule has 2 unspecified atom stereocenters. The number of piperidine rings is 1. The molecule has 1 aliphatic carbocycles. The van der Waals surface area contributed by atoms with Crippen LogP contribution >= 0.6 is 0 Å². The van der Waals surface area contributed by atoms with Gasteiger partial charge in [-0.1, -0.05) is 12.1 Å². The minimum Gasteiger partial charge on any atom is -0.508 e. The van der Waals surface area contributed by atoms with Crippen molar-refractivity contribution in [2.45, 2.75) is 37.8 Å². The molecule has 1 saturated carbocycles. The van der Waals surface area contributed by atoms with Crippen LogP contribution in [0.4, 0.5) is 0 Å². The van der Waals surface area contributed by atoms with Crippen LogP contribution in [0.2, 0.25) is 0 Å². The van der Waals surface area contributed by atoms with Gasteiger partial charge in [0.05, 0.1) is 6.04 Å². The van der Waals surface area contributed by atoms with Crippen molar-refractivity contribution in [1.29, 1.82) is 0 Å². The van der Waals surface area contributed by atoms with Crippen LogP contribution in [0.5, 0.6) is 5.75 Å². The second-order valence-corrected chi connectivity index (χ2v) is 5.80. The number of nitrogens with zero attached hydrogens (tertiary/aromatic N) is 1. The Hall–Kier alpha value is -1.55. The van der Waals surface area contributed by atoms with Crippen molar-refractivity contribution in [2.75, 3.05) is 6.54 Å². The van der Waals surface area contributed by atoms with Crippen LogP contribution < -0.4 is 5.73 Å². The van der Waals surface area contributed by atoms with E-state index in [1.807, 2.05) is 17.0 Å². The van der Waals surface area contributed by atoms with Gasteiger partial charge in [0.15, 0.2) is 0 Å². The summed E-state index contributed by atoms with van der Waals surface area (Å²) in [6, 6.07) is 6.86. The van der Waals surface area contributed by atoms with Gasteiger partial charge in [0, 0.05) is 12.6 Å². The summed E-state index contributed by atoms with van der Waals surface area (Å²) < 4.78 is 0. The minimum absolute atomic E-state index is 0.0836. The lowest BCUT2D eigenvalue weighted by Crippen LogP contribution is -2.48. The van der Waals surface area contributed by atoms with E-state index in [0.717, 1.165) is 24.9 Å². The molecule has 3 N–H and O–H groups in total. The van der Waals surface area contributed by atoms with E-state index >= 15 is 0 Å². The number of carbonyl (C=O) groups excluding carboxylic acids is 1. The molecule has 4 nitrogen and oxygen atoms in total. The number of carbonyl (C=O) groups is 1. The van der Waals surface area contributed by atoms with Gasteiger partial charge < -0.3 is 15.7 Å². The van der Waals surface area contributed by atoms with Crippen LogP contribution in [0.25, 0.3) is 0 Å². The smallest absolute Gasteiger partial charge is 0.240 e. The third kappa shape index (κ3) is 2.45. The van der Waals surface area contributed by atoms with Gasteiger partial charge in [-0.05, 0) is 49.3 Å². The largest absolute Gasteiger partial charge is 0.508 e. The molecule has 0 aromatic heterocycles. The Morgan fingerprint density at radius 2 is 2.11 bits per heavy atom. The topological polar surface area (TPSA) is 66.6 Å². The first-order valence-electron chi connectivity index (χ1n) is 6.97. The van der Waals surface area contributed by atoms with E-state index in [0.29, 0.717) is 18.4 Å². The number of likely N-dealkylation sites (tertiary alicyclic amines) is 1. The lowest BCUT2D eigenvalue weighted by atomic mass is 10.0. The highest BCUT2D eigenvalue weighted by molar-refractivity contribution is 5.82. The summed E-state index contributed by atoms with van der Waals surface area (Å²) in [6.07, 6.45) is 4.11. The summed E-state index contributed by atoms with van der Waals surface area (Å²) in [5.41, 5.74) is 7.03. The molecule has 1 aliphatic heterocycles. The molecule has 1 aromatic rings. The third-order valence-electron chi connectivity index (χ3n) is 4.40. The van der Waals surface area contributed by atoms with E-state index in [-0.39, 0.29) is 11.7 Å². The van der Waals surface area contributed by atoms with Crippen molar-refractivity contribution in [1.82, 2.24) is 4.90 Å². The summed E-state index contributed by atoms with van der Waals surface area (Å²) in [7, 11) is 0. The van der Waals surface area contributed by atoms with Gasteiger partial charge >= 0.3 is 0 Å². The Morgan fingerprint density at radius 1 is 1.37 bits per heavy atom. The zero-order valence-electron chi connectivity index (χ0n) is 11.0. The standard InChI is InChI=1S/C15H20N2O2/c16-14(8-10-2-5-13(18)6-3-10)15(19)17-9-11-1-4-12(17)7-11/h2-3,5-6,11-12,14,18H,1,4,7-9,16H2/t11?,12?,14-/m0/s1. The van der Waals surface area contributed by atoms with E-state index in [1.165, 1.54) is 6.42 Å². The molecule has 1 heterocycles. The van der Waals surface area contributed by atoms with Gasteiger partial charge in [-0.25, -0.2) is 0 Å². The normalized spacial score (nSPS) is 26.7. The summed E-state index contributed by atoms with van der Waals surface area (Å²) >= 11 is 0. The Kier molecular flexibility index (Phi) is 3.19. The number of hydrogen-bond donors (Lipinski definition) is 2. The summed E-state index contributed by atoms with van der Waals surface area (Å²) in [5.74, 6) is 1.02. The predicted molar refractivity (Wildman–Crippen MR) is 72.6 cm³/mol. The number of hydrogen-bond acceptors (Lipinski definition) is 3. The Bertz CT molecular complexity index is 472. The lowest BCUT2D eigenvalue weighted by molar-refractivity contribution is -0.134. The monoisotopic (exact) mass is 260 g/mol. The number of nitrogens with two attached hydrogens (primary N) is 1. The number of fused-ring (bicyclic) bond motifs is 2. The zero-order chi connectivity index (χ0) is 13.4. The lowest BCUT2D eigenvalue weighted by Gasteiger charge is -2.29. The Labute approximate surface area is 113 Å². The van der Waals surface area contributed by atoms with Gasteiger partial charge in [0.1, 0.15) is 5.75 Å². The maximum Gasteiger partial charge on any atom is 0.240 e. The quantitative estimate of drug-likeness (QED) is 0.860. The molecular formula is C15H20N2O2. The van der Waals surface area contributed by atoms with Crippen LogP contribution in [0.15, 0.2) is 24.3 Å². The van der Waals surface area contributed by atoms with Gasteiger partial charge in [0.25, 0.3) is 0 Å². The molecule has 2 fully saturated rings. The number of rotatable bonds is 3. The van der Waals surface area contributed by atoms with Crippen LogP contribution in [-0.2, 0) is 11.2 Å². The van der Waals surface area contributed by atoms with Gasteiger partial charge in [0.2, 0.25) is 5.91 Å². The summed E-state index contributed by atoms with van der Waals surface area (Å²) in [4.78, 5) is 14.3. The first-order valence-corrected chi connectivity index (χ1v) is 6.97. The van der Waals surface area contributed by atoms with Crippen molar-refractivity contribution >= 4 is 5.91 Å². The van der Waals surface area contributed by atoms with Crippen LogP contribution in [-0.4, -0.2) is 34.5 Å². The number of amides is 1. The van der Waals surface area contributed by atoms with Crippen LogP contribution in [0.3, 0.4) is 0 Å². The average molecular weight is 260 g/mol. The van der Waals surface area contributed by atoms with E-state index in [4.69, 9.17) is 5.73 Å². The van der Waals surface area contributed by atoms with Gasteiger partial charge in [-0.15, -0.1) is 0 Å². The first-order chi connectivity index (χ1) is 9.13. The highest BCUT2D eigenvalue weighted by Crippen LogP contribution is 2.37. The van der Waals surface area contributed by atoms with Gasteiger partial charge in [-0.3, -0.25) is 4.79 Å². The zero-order valence-corrected chi connectivity index (χ0v) is 11.0. The van der Waals surface area contributed by atoms with E-state index in [1.54, 1.807) is 12.1 Å². The van der Waals surface area contributed by atoms with E-state index in [2.05, 4.69) is 0 Å². The first kappa shape index (κ1) is 12.5. The molecule has 0 radical (unpaired) electrons. The second kappa shape index (κ2) is 4.85. The second-order valence-electron chi connectivity index (χ2n) is 5.80. The van der Waals surface area contributed by atoms with Crippen molar-refractivity contribution < 1.29 is 9.90 Å². The molecule has 3 rings (SSSR count). The molecule has 4 heteroatoms. The van der Waals surface area contributed by atoms with Crippen molar-refractivity contribution in [2.24, 2.45) is 11.7 Å². The molecule has 1 saturated heterocycles. The minimum atomic E-state index is -0.469. The number of phenolic OH excluding ortho intramolecular Hbond substituents is 1. The molecule has 1 aromatic carbocycles. The number of benzene rings is 1. The molecule has 102 valence electrons. The fourth-order valence-electron chi connectivity index (χ4n) is 3.38. The molecule has 2 aliphatic rings. The summed E-state index contributed by atoms with van der Waals surface area (Å²) in [5, 5.41) is 9.24. The maximum absolute atomic E-state index is 12.4. The van der Waals surface area contributed by atoms with Crippen LogP contribution in [0, 0.1) is 5.92 Å². The number of aromatic hydroxyl groups is 1. The summed E-state index contributed by atoms with van der Waals surface area (Å²) in [6.45, 7) is 0.896. The van der Waals surface area contributed by atoms with E-state index in [9.17, 15) is 9.90 Å². The van der Waals surface area contributed by atoms with Gasteiger partial charge in [-0.2, -0.15) is 0 Å². The molecule has 19 heavy (non-hydrogen) atoms. The Balaban J connectivity index is 1.62. The molecular weight excluding hydrogens is 240 g/mol. The molecule has 0 spiro atoms. The highest BCUT2D eigenvalue weighted by Gasteiger charge is 2.41. The van der Waals surface area contributed by atoms with E-state index < -0.39 is 6.04 Å². The highest BCUT2D eigenvalue weighted by atomic mass is 16.3. The molecule has 2 bridgehead atoms. The van der Waals surface area contributed by atoms with Crippen LogP contribution in [0.1, 0.15) is 24.8 Å². The molecule has 1 amide bonds. The van der Waals surface area contributed by atoms with Crippen molar-refractivity contribution in [3.05, 3.63) is 29.8 Å². The maximum atomic E-state index is 12.4. The molecule has 3 atom stereocenters.